The minimum atomic E-state index is 0.258. The minimum Gasteiger partial charge on any atom is -0.337 e. The van der Waals surface area contributed by atoms with Gasteiger partial charge in [-0.2, -0.15) is 5.10 Å². The molecule has 4 nitrogen and oxygen atoms in total. The number of likely N-dealkylation sites (tertiary alicyclic amines) is 1. The number of rotatable bonds is 3. The zero-order valence-electron chi connectivity index (χ0n) is 9.66. The van der Waals surface area contributed by atoms with Crippen molar-refractivity contribution >= 4 is 21.8 Å². The second-order valence-electron chi connectivity index (χ2n) is 4.08. The van der Waals surface area contributed by atoms with Crippen LogP contribution in [-0.4, -0.2) is 27.1 Å². The topological polar surface area (TPSA) is 38.1 Å². The fraction of sp³-hybridized carbons (Fsp3) is 0.636. The fourth-order valence-electron chi connectivity index (χ4n) is 2.07. The third kappa shape index (κ3) is 2.00. The van der Waals surface area contributed by atoms with Gasteiger partial charge in [0.2, 0.25) is 5.91 Å². The van der Waals surface area contributed by atoms with Crippen LogP contribution in [0.4, 0.5) is 0 Å². The van der Waals surface area contributed by atoms with Gasteiger partial charge in [-0.05, 0) is 36.2 Å². The van der Waals surface area contributed by atoms with Crippen molar-refractivity contribution in [3.05, 3.63) is 15.9 Å². The summed E-state index contributed by atoms with van der Waals surface area (Å²) >= 11 is 3.55. The normalized spacial score (nSPS) is 16.2. The van der Waals surface area contributed by atoms with Crippen LogP contribution in [0.2, 0.25) is 0 Å². The SMILES string of the molecule is CCn1nc(C)c(Br)c1CN1CCCC1=O. The number of aryl methyl sites for hydroxylation is 2. The highest BCUT2D eigenvalue weighted by Gasteiger charge is 2.23. The van der Waals surface area contributed by atoms with Gasteiger partial charge >= 0.3 is 0 Å². The summed E-state index contributed by atoms with van der Waals surface area (Å²) in [5.74, 6) is 0.258. The Balaban J connectivity index is 2.23. The highest BCUT2D eigenvalue weighted by molar-refractivity contribution is 9.10. The maximum absolute atomic E-state index is 11.6. The summed E-state index contributed by atoms with van der Waals surface area (Å²) in [7, 11) is 0. The molecule has 1 fully saturated rings. The second kappa shape index (κ2) is 4.57. The molecule has 1 amide bonds. The maximum atomic E-state index is 11.6. The van der Waals surface area contributed by atoms with Crippen molar-refractivity contribution in [1.82, 2.24) is 14.7 Å². The van der Waals surface area contributed by atoms with Gasteiger partial charge in [0.1, 0.15) is 0 Å². The van der Waals surface area contributed by atoms with Gasteiger partial charge in [0.05, 0.1) is 22.4 Å². The van der Waals surface area contributed by atoms with Crippen LogP contribution in [0.3, 0.4) is 0 Å². The number of nitrogens with zero attached hydrogens (tertiary/aromatic N) is 3. The number of aromatic nitrogens is 2. The quantitative estimate of drug-likeness (QED) is 0.853. The Bertz CT molecular complexity index is 414. The first-order valence-electron chi connectivity index (χ1n) is 5.63. The third-order valence-electron chi connectivity index (χ3n) is 2.96. The molecule has 0 spiro atoms. The lowest BCUT2D eigenvalue weighted by molar-refractivity contribution is -0.128. The molecular formula is C11H16BrN3O. The van der Waals surface area contributed by atoms with E-state index >= 15 is 0 Å². The van der Waals surface area contributed by atoms with Crippen LogP contribution in [-0.2, 0) is 17.9 Å². The van der Waals surface area contributed by atoms with Crippen molar-refractivity contribution in [2.45, 2.75) is 39.8 Å². The van der Waals surface area contributed by atoms with Gasteiger partial charge in [-0.3, -0.25) is 9.48 Å². The first-order chi connectivity index (χ1) is 7.63. The van der Waals surface area contributed by atoms with Crippen LogP contribution >= 0.6 is 15.9 Å². The molecule has 0 aromatic carbocycles. The molecule has 5 heteroatoms. The van der Waals surface area contributed by atoms with Gasteiger partial charge in [-0.15, -0.1) is 0 Å². The van der Waals surface area contributed by atoms with E-state index in [0.717, 1.165) is 35.4 Å². The number of carbonyl (C=O) groups excluding carboxylic acids is 1. The number of halogens is 1. The molecule has 0 atom stereocenters. The van der Waals surface area contributed by atoms with Crippen LogP contribution in [0.25, 0.3) is 0 Å². The van der Waals surface area contributed by atoms with Gasteiger partial charge in [0.25, 0.3) is 0 Å². The molecule has 0 aliphatic carbocycles. The predicted molar refractivity (Wildman–Crippen MR) is 65.0 cm³/mol. The average molecular weight is 286 g/mol. The molecule has 2 heterocycles. The predicted octanol–water partition coefficient (Wildman–Crippen LogP) is 2.10. The Kier molecular flexibility index (Phi) is 3.33. The van der Waals surface area contributed by atoms with Gasteiger partial charge in [-0.1, -0.05) is 0 Å². The van der Waals surface area contributed by atoms with E-state index in [0.29, 0.717) is 13.0 Å². The molecule has 0 saturated carbocycles. The Hall–Kier alpha value is -0.840. The van der Waals surface area contributed by atoms with Crippen LogP contribution in [0.1, 0.15) is 31.2 Å². The summed E-state index contributed by atoms with van der Waals surface area (Å²) in [6.07, 6.45) is 1.67. The van der Waals surface area contributed by atoms with E-state index < -0.39 is 0 Å². The van der Waals surface area contributed by atoms with Gasteiger partial charge < -0.3 is 4.90 Å². The first-order valence-corrected chi connectivity index (χ1v) is 6.42. The molecule has 16 heavy (non-hydrogen) atoms. The molecule has 1 aromatic heterocycles. The molecule has 0 unspecified atom stereocenters. The summed E-state index contributed by atoms with van der Waals surface area (Å²) < 4.78 is 3.00. The highest BCUT2D eigenvalue weighted by Crippen LogP contribution is 2.24. The summed E-state index contributed by atoms with van der Waals surface area (Å²) in [4.78, 5) is 13.5. The molecule has 2 rings (SSSR count). The number of amides is 1. The molecular weight excluding hydrogens is 270 g/mol. The van der Waals surface area contributed by atoms with Crippen molar-refractivity contribution < 1.29 is 4.79 Å². The second-order valence-corrected chi connectivity index (χ2v) is 4.87. The van der Waals surface area contributed by atoms with Gasteiger partial charge in [-0.25, -0.2) is 0 Å². The zero-order valence-corrected chi connectivity index (χ0v) is 11.2. The zero-order chi connectivity index (χ0) is 11.7. The van der Waals surface area contributed by atoms with Crippen molar-refractivity contribution in [2.24, 2.45) is 0 Å². The Labute approximate surface area is 104 Å². The Morgan fingerprint density at radius 1 is 1.50 bits per heavy atom. The maximum Gasteiger partial charge on any atom is 0.222 e. The summed E-state index contributed by atoms with van der Waals surface area (Å²) in [6, 6.07) is 0. The lowest BCUT2D eigenvalue weighted by Crippen LogP contribution is -2.25. The minimum absolute atomic E-state index is 0.258. The first kappa shape index (κ1) is 11.6. The largest absolute Gasteiger partial charge is 0.337 e. The van der Waals surface area contributed by atoms with Crippen molar-refractivity contribution in [1.29, 1.82) is 0 Å². The standard InChI is InChI=1S/C11H16BrN3O/c1-3-15-9(11(12)8(2)13-15)7-14-6-4-5-10(14)16/h3-7H2,1-2H3. The van der Waals surface area contributed by atoms with Crippen LogP contribution in [0.5, 0.6) is 0 Å². The van der Waals surface area contributed by atoms with E-state index in [9.17, 15) is 4.79 Å². The van der Waals surface area contributed by atoms with Crippen LogP contribution in [0, 0.1) is 6.92 Å². The lowest BCUT2D eigenvalue weighted by atomic mass is 10.3. The van der Waals surface area contributed by atoms with E-state index in [1.807, 2.05) is 16.5 Å². The average Bonchev–Trinajstić information content (AvgIpc) is 2.78. The number of carbonyl (C=O) groups is 1. The molecule has 0 N–H and O–H groups in total. The van der Waals surface area contributed by atoms with Crippen molar-refractivity contribution in [3.8, 4) is 0 Å². The fourth-order valence-corrected chi connectivity index (χ4v) is 2.48. The monoisotopic (exact) mass is 285 g/mol. The Morgan fingerprint density at radius 3 is 2.81 bits per heavy atom. The van der Waals surface area contributed by atoms with E-state index in [1.165, 1.54) is 0 Å². The smallest absolute Gasteiger partial charge is 0.222 e. The third-order valence-corrected chi connectivity index (χ3v) is 4.00. The Morgan fingerprint density at radius 2 is 2.25 bits per heavy atom. The van der Waals surface area contributed by atoms with E-state index in [2.05, 4.69) is 28.0 Å². The molecule has 1 aliphatic heterocycles. The van der Waals surface area contributed by atoms with Crippen molar-refractivity contribution in [2.75, 3.05) is 6.54 Å². The molecule has 1 aromatic rings. The molecule has 1 saturated heterocycles. The summed E-state index contributed by atoms with van der Waals surface area (Å²) in [5, 5.41) is 4.43. The molecule has 1 aliphatic rings. The van der Waals surface area contributed by atoms with E-state index in [1.54, 1.807) is 0 Å². The van der Waals surface area contributed by atoms with Gasteiger partial charge in [0, 0.05) is 19.5 Å². The van der Waals surface area contributed by atoms with E-state index in [4.69, 9.17) is 0 Å². The number of hydrogen-bond acceptors (Lipinski definition) is 2. The van der Waals surface area contributed by atoms with E-state index in [-0.39, 0.29) is 5.91 Å². The number of hydrogen-bond donors (Lipinski definition) is 0. The molecule has 88 valence electrons. The van der Waals surface area contributed by atoms with Crippen LogP contribution < -0.4 is 0 Å². The summed E-state index contributed by atoms with van der Waals surface area (Å²) in [6.45, 7) is 6.43. The molecule has 0 bridgehead atoms. The summed E-state index contributed by atoms with van der Waals surface area (Å²) in [5.41, 5.74) is 2.10. The van der Waals surface area contributed by atoms with Crippen LogP contribution in [0.15, 0.2) is 4.47 Å². The molecule has 0 radical (unpaired) electrons. The van der Waals surface area contributed by atoms with Crippen molar-refractivity contribution in [3.63, 3.8) is 0 Å². The van der Waals surface area contributed by atoms with Gasteiger partial charge in [0.15, 0.2) is 0 Å². The highest BCUT2D eigenvalue weighted by atomic mass is 79.9. The lowest BCUT2D eigenvalue weighted by Gasteiger charge is -2.16.